The predicted octanol–water partition coefficient (Wildman–Crippen LogP) is -0.201. The number of carboxylic acids is 1. The molecule has 0 saturated carbocycles. The molecule has 3 unspecified atom stereocenters. The van der Waals surface area contributed by atoms with Crippen LogP contribution >= 0.6 is 11.8 Å². The highest BCUT2D eigenvalue weighted by molar-refractivity contribution is 7.98. The van der Waals surface area contributed by atoms with E-state index in [9.17, 15) is 14.4 Å². The molecule has 122 valence electrons. The fourth-order valence-corrected chi connectivity index (χ4v) is 2.07. The standard InChI is InChI=1S/C13H25N3O4S/c1-4-8(2)11(13(19)20)16-10(17)7-15-12(18)9(14)5-6-21-3/h8-9,11H,4-7,14H2,1-3H3,(H,15,18)(H,16,17)(H,19,20). The second kappa shape index (κ2) is 10.4. The van der Waals surface area contributed by atoms with E-state index in [4.69, 9.17) is 10.8 Å². The highest BCUT2D eigenvalue weighted by Crippen LogP contribution is 2.07. The Morgan fingerprint density at radius 3 is 2.43 bits per heavy atom. The number of hydrogen-bond acceptors (Lipinski definition) is 5. The van der Waals surface area contributed by atoms with Gasteiger partial charge in [-0.15, -0.1) is 0 Å². The van der Waals surface area contributed by atoms with Gasteiger partial charge < -0.3 is 21.5 Å². The first-order chi connectivity index (χ1) is 9.83. The van der Waals surface area contributed by atoms with Crippen molar-refractivity contribution in [2.75, 3.05) is 18.6 Å². The van der Waals surface area contributed by atoms with E-state index in [2.05, 4.69) is 10.6 Å². The number of rotatable bonds is 10. The summed E-state index contributed by atoms with van der Waals surface area (Å²) in [4.78, 5) is 34.4. The highest BCUT2D eigenvalue weighted by atomic mass is 32.2. The van der Waals surface area contributed by atoms with Crippen molar-refractivity contribution in [3.05, 3.63) is 0 Å². The zero-order chi connectivity index (χ0) is 16.4. The van der Waals surface area contributed by atoms with Crippen LogP contribution in [0.3, 0.4) is 0 Å². The van der Waals surface area contributed by atoms with Gasteiger partial charge >= 0.3 is 5.97 Å². The number of aliphatic carboxylic acids is 1. The van der Waals surface area contributed by atoms with Crippen molar-refractivity contribution in [2.24, 2.45) is 11.7 Å². The van der Waals surface area contributed by atoms with Crippen molar-refractivity contribution in [2.45, 2.75) is 38.8 Å². The Balaban J connectivity index is 4.24. The van der Waals surface area contributed by atoms with E-state index in [1.165, 1.54) is 0 Å². The van der Waals surface area contributed by atoms with Gasteiger partial charge in [0.05, 0.1) is 12.6 Å². The summed E-state index contributed by atoms with van der Waals surface area (Å²) in [7, 11) is 0. The van der Waals surface area contributed by atoms with Crippen LogP contribution in [0.2, 0.25) is 0 Å². The van der Waals surface area contributed by atoms with Crippen LogP contribution in [0, 0.1) is 5.92 Å². The Labute approximate surface area is 129 Å². The molecule has 0 aliphatic rings. The average Bonchev–Trinajstić information content (AvgIpc) is 2.46. The van der Waals surface area contributed by atoms with Gasteiger partial charge in [-0.1, -0.05) is 20.3 Å². The molecule has 0 saturated heterocycles. The largest absolute Gasteiger partial charge is 0.480 e. The zero-order valence-electron chi connectivity index (χ0n) is 12.7. The lowest BCUT2D eigenvalue weighted by molar-refractivity contribution is -0.143. The molecule has 21 heavy (non-hydrogen) atoms. The van der Waals surface area contributed by atoms with Crippen molar-refractivity contribution in [1.29, 1.82) is 0 Å². The molecule has 0 rings (SSSR count). The molecule has 0 aromatic carbocycles. The Bertz CT molecular complexity index is 365. The van der Waals surface area contributed by atoms with Gasteiger partial charge in [0, 0.05) is 0 Å². The van der Waals surface area contributed by atoms with Gasteiger partial charge in [-0.2, -0.15) is 11.8 Å². The lowest BCUT2D eigenvalue weighted by atomic mass is 9.99. The first kappa shape index (κ1) is 19.7. The molecular weight excluding hydrogens is 294 g/mol. The van der Waals surface area contributed by atoms with Crippen molar-refractivity contribution in [3.8, 4) is 0 Å². The average molecular weight is 319 g/mol. The number of amides is 2. The fourth-order valence-electron chi connectivity index (χ4n) is 1.58. The summed E-state index contributed by atoms with van der Waals surface area (Å²) < 4.78 is 0. The van der Waals surface area contributed by atoms with Crippen molar-refractivity contribution in [3.63, 3.8) is 0 Å². The van der Waals surface area contributed by atoms with Gasteiger partial charge in [0.25, 0.3) is 0 Å². The molecule has 0 heterocycles. The highest BCUT2D eigenvalue weighted by Gasteiger charge is 2.25. The van der Waals surface area contributed by atoms with Gasteiger partial charge in [0.2, 0.25) is 11.8 Å². The first-order valence-electron chi connectivity index (χ1n) is 6.87. The number of carboxylic acid groups (broad SMARTS) is 1. The van der Waals surface area contributed by atoms with Gasteiger partial charge in [-0.3, -0.25) is 9.59 Å². The summed E-state index contributed by atoms with van der Waals surface area (Å²) in [6, 6.07) is -1.61. The molecule has 8 heteroatoms. The minimum Gasteiger partial charge on any atom is -0.480 e. The van der Waals surface area contributed by atoms with Crippen LogP contribution in [0.15, 0.2) is 0 Å². The molecule has 0 bridgehead atoms. The number of hydrogen-bond donors (Lipinski definition) is 4. The second-order valence-corrected chi connectivity index (χ2v) is 5.86. The summed E-state index contributed by atoms with van der Waals surface area (Å²) in [5, 5.41) is 13.9. The summed E-state index contributed by atoms with van der Waals surface area (Å²) >= 11 is 1.58. The third-order valence-corrected chi connectivity index (χ3v) is 3.83. The monoisotopic (exact) mass is 319 g/mol. The van der Waals surface area contributed by atoms with Gasteiger partial charge in [0.15, 0.2) is 0 Å². The maximum atomic E-state index is 11.7. The third-order valence-electron chi connectivity index (χ3n) is 3.19. The van der Waals surface area contributed by atoms with Crippen LogP contribution in [0.25, 0.3) is 0 Å². The molecule has 0 aromatic heterocycles. The van der Waals surface area contributed by atoms with Crippen LogP contribution in [-0.2, 0) is 14.4 Å². The van der Waals surface area contributed by atoms with Crippen LogP contribution in [-0.4, -0.2) is 53.5 Å². The van der Waals surface area contributed by atoms with Crippen molar-refractivity contribution in [1.82, 2.24) is 10.6 Å². The van der Waals surface area contributed by atoms with E-state index in [0.29, 0.717) is 12.8 Å². The summed E-state index contributed by atoms with van der Waals surface area (Å²) in [6.07, 6.45) is 3.07. The lowest BCUT2D eigenvalue weighted by Gasteiger charge is -2.20. The molecule has 7 nitrogen and oxygen atoms in total. The number of nitrogens with two attached hydrogens (primary N) is 1. The van der Waals surface area contributed by atoms with E-state index >= 15 is 0 Å². The third kappa shape index (κ3) is 7.91. The molecule has 0 aliphatic carbocycles. The molecular formula is C13H25N3O4S. The van der Waals surface area contributed by atoms with E-state index in [1.54, 1.807) is 18.7 Å². The van der Waals surface area contributed by atoms with E-state index < -0.39 is 29.9 Å². The quantitative estimate of drug-likeness (QED) is 0.442. The maximum absolute atomic E-state index is 11.7. The van der Waals surface area contributed by atoms with Gasteiger partial charge in [-0.05, 0) is 24.3 Å². The Morgan fingerprint density at radius 2 is 1.95 bits per heavy atom. The summed E-state index contributed by atoms with van der Waals surface area (Å²) in [6.45, 7) is 3.32. The number of carbonyl (C=O) groups excluding carboxylic acids is 2. The van der Waals surface area contributed by atoms with E-state index in [0.717, 1.165) is 5.75 Å². The normalized spacial score (nSPS) is 14.9. The molecule has 3 atom stereocenters. The van der Waals surface area contributed by atoms with Gasteiger partial charge in [-0.25, -0.2) is 4.79 Å². The van der Waals surface area contributed by atoms with Crippen molar-refractivity contribution >= 4 is 29.5 Å². The van der Waals surface area contributed by atoms with Crippen LogP contribution in [0.4, 0.5) is 0 Å². The molecule has 5 N–H and O–H groups in total. The second-order valence-electron chi connectivity index (χ2n) is 4.87. The lowest BCUT2D eigenvalue weighted by Crippen LogP contribution is -2.50. The minimum atomic E-state index is -1.08. The molecule has 0 radical (unpaired) electrons. The van der Waals surface area contributed by atoms with Crippen LogP contribution < -0.4 is 16.4 Å². The zero-order valence-corrected chi connectivity index (χ0v) is 13.5. The number of thioether (sulfide) groups is 1. The SMILES string of the molecule is CCC(C)C(NC(=O)CNC(=O)C(N)CCSC)C(=O)O. The Morgan fingerprint density at radius 1 is 1.33 bits per heavy atom. The van der Waals surface area contributed by atoms with Crippen molar-refractivity contribution < 1.29 is 19.5 Å². The molecule has 2 amide bonds. The first-order valence-corrected chi connectivity index (χ1v) is 8.27. The maximum Gasteiger partial charge on any atom is 0.326 e. The Hall–Kier alpha value is -1.28. The van der Waals surface area contributed by atoms with Crippen LogP contribution in [0.1, 0.15) is 26.7 Å². The molecule has 0 spiro atoms. The topological polar surface area (TPSA) is 122 Å². The summed E-state index contributed by atoms with van der Waals surface area (Å²) in [5.74, 6) is -1.45. The number of carbonyl (C=O) groups is 3. The predicted molar refractivity (Wildman–Crippen MR) is 83.0 cm³/mol. The molecule has 0 aromatic rings. The van der Waals surface area contributed by atoms with Gasteiger partial charge in [0.1, 0.15) is 6.04 Å². The minimum absolute atomic E-state index is 0.189. The fraction of sp³-hybridized carbons (Fsp3) is 0.769. The Kier molecular flexibility index (Phi) is 9.81. The molecule has 0 aliphatic heterocycles. The van der Waals surface area contributed by atoms with E-state index in [1.807, 2.05) is 13.2 Å². The summed E-state index contributed by atoms with van der Waals surface area (Å²) in [5.41, 5.74) is 5.66. The number of nitrogens with one attached hydrogen (secondary N) is 2. The van der Waals surface area contributed by atoms with E-state index in [-0.39, 0.29) is 12.5 Å². The smallest absolute Gasteiger partial charge is 0.326 e. The van der Waals surface area contributed by atoms with Crippen LogP contribution in [0.5, 0.6) is 0 Å². The molecule has 0 fully saturated rings.